The summed E-state index contributed by atoms with van der Waals surface area (Å²) in [5.41, 5.74) is 0. The summed E-state index contributed by atoms with van der Waals surface area (Å²) in [6, 6.07) is 0. The molecule has 0 spiro atoms. The second-order valence-corrected chi connectivity index (χ2v) is 11.6. The van der Waals surface area contributed by atoms with Gasteiger partial charge in [0.25, 0.3) is 0 Å². The SMILES string of the molecule is CC[N](C)[Ti]([C]1=CC=CC1)([N](C)CC)[N](C)CC. The maximum atomic E-state index is 2.63. The van der Waals surface area contributed by atoms with E-state index in [9.17, 15) is 0 Å². The van der Waals surface area contributed by atoms with Gasteiger partial charge in [0.2, 0.25) is 0 Å². The number of rotatable bonds is 7. The van der Waals surface area contributed by atoms with Gasteiger partial charge in [0.15, 0.2) is 0 Å². The quantitative estimate of drug-likeness (QED) is 0.666. The first-order valence-electron chi connectivity index (χ1n) is 7.05. The topological polar surface area (TPSA) is 9.72 Å². The Hall–Kier alpha value is 0.0743. The van der Waals surface area contributed by atoms with Gasteiger partial charge in [0.05, 0.1) is 0 Å². The average molecular weight is 287 g/mol. The molecule has 0 amide bonds. The van der Waals surface area contributed by atoms with E-state index in [4.69, 9.17) is 0 Å². The Morgan fingerprint density at radius 1 is 0.944 bits per heavy atom. The van der Waals surface area contributed by atoms with Gasteiger partial charge in [-0.25, -0.2) is 0 Å². The molecule has 0 heterocycles. The van der Waals surface area contributed by atoms with Crippen LogP contribution >= 0.6 is 0 Å². The number of hydrogen-bond acceptors (Lipinski definition) is 3. The summed E-state index contributed by atoms with van der Waals surface area (Å²) in [7, 11) is 6.91. The molecule has 0 atom stereocenters. The van der Waals surface area contributed by atoms with Crippen molar-refractivity contribution in [2.75, 3.05) is 40.8 Å². The van der Waals surface area contributed by atoms with Crippen LogP contribution in [0, 0.1) is 0 Å². The molecular formula is C14H29N3Ti. The van der Waals surface area contributed by atoms with Gasteiger partial charge < -0.3 is 0 Å². The van der Waals surface area contributed by atoms with Crippen molar-refractivity contribution in [3.05, 3.63) is 22.1 Å². The van der Waals surface area contributed by atoms with Crippen LogP contribution in [0.1, 0.15) is 27.2 Å². The summed E-state index contributed by atoms with van der Waals surface area (Å²) in [4.78, 5) is 0. The molecule has 0 saturated heterocycles. The van der Waals surface area contributed by atoms with Gasteiger partial charge >= 0.3 is 118 Å². The van der Waals surface area contributed by atoms with E-state index in [-0.39, 0.29) is 0 Å². The van der Waals surface area contributed by atoms with E-state index in [2.05, 4.69) is 70.3 Å². The van der Waals surface area contributed by atoms with E-state index < -0.39 is 17.4 Å². The number of hydrogen-bond donors (Lipinski definition) is 0. The predicted octanol–water partition coefficient (Wildman–Crippen LogP) is 2.58. The standard InChI is InChI=1S/C5H5.3C3H8N.Ti/c1-2-4-5-3-1;3*1-3-4-2;/h1-3H,4H2;3*3H2,1-2H3;/q;3*-1;+3. The van der Waals surface area contributed by atoms with Crippen molar-refractivity contribution in [3.63, 3.8) is 0 Å². The van der Waals surface area contributed by atoms with Gasteiger partial charge in [-0.2, -0.15) is 0 Å². The fourth-order valence-corrected chi connectivity index (χ4v) is 11.2. The summed E-state index contributed by atoms with van der Waals surface area (Å²) in [6.45, 7) is 10.2. The second-order valence-electron chi connectivity index (χ2n) is 5.00. The van der Waals surface area contributed by atoms with Crippen LogP contribution in [0.5, 0.6) is 0 Å². The van der Waals surface area contributed by atoms with Crippen molar-refractivity contribution < 1.29 is 17.4 Å². The third kappa shape index (κ3) is 2.66. The Morgan fingerprint density at radius 3 is 1.67 bits per heavy atom. The maximum absolute atomic E-state index is 2.63. The molecule has 4 heteroatoms. The minimum atomic E-state index is -2.50. The molecule has 0 aromatic carbocycles. The van der Waals surface area contributed by atoms with Gasteiger partial charge in [0.1, 0.15) is 0 Å². The molecule has 0 aliphatic heterocycles. The number of allylic oxidation sites excluding steroid dienone is 4. The van der Waals surface area contributed by atoms with E-state index in [1.807, 2.05) is 0 Å². The molecule has 0 N–H and O–H groups in total. The number of nitrogens with zero attached hydrogens (tertiary/aromatic N) is 3. The Balaban J connectivity index is 3.25. The van der Waals surface area contributed by atoms with Gasteiger partial charge in [0, 0.05) is 0 Å². The second kappa shape index (κ2) is 7.02. The summed E-state index contributed by atoms with van der Waals surface area (Å²) in [6.07, 6.45) is 8.03. The van der Waals surface area contributed by atoms with Crippen LogP contribution in [0.4, 0.5) is 0 Å². The zero-order chi connectivity index (χ0) is 13.8. The zero-order valence-corrected chi connectivity index (χ0v) is 14.5. The molecule has 0 saturated carbocycles. The molecule has 0 bridgehead atoms. The van der Waals surface area contributed by atoms with Gasteiger partial charge in [-0.15, -0.1) is 0 Å². The zero-order valence-electron chi connectivity index (χ0n) is 12.9. The predicted molar refractivity (Wildman–Crippen MR) is 76.8 cm³/mol. The average Bonchev–Trinajstić information content (AvgIpc) is 2.92. The van der Waals surface area contributed by atoms with Crippen molar-refractivity contribution in [1.82, 2.24) is 10.1 Å². The molecule has 3 nitrogen and oxygen atoms in total. The Labute approximate surface area is 117 Å². The Kier molecular flexibility index (Phi) is 6.29. The summed E-state index contributed by atoms with van der Waals surface area (Å²) in [5, 5.41) is 0. The molecule has 0 fully saturated rings. The molecular weight excluding hydrogens is 258 g/mol. The first-order chi connectivity index (χ1) is 8.55. The molecule has 0 radical (unpaired) electrons. The van der Waals surface area contributed by atoms with Gasteiger partial charge in [-0.3, -0.25) is 0 Å². The van der Waals surface area contributed by atoms with E-state index in [1.54, 1.807) is 3.88 Å². The van der Waals surface area contributed by atoms with Crippen molar-refractivity contribution in [1.29, 1.82) is 0 Å². The third-order valence-corrected chi connectivity index (χ3v) is 12.6. The summed E-state index contributed by atoms with van der Waals surface area (Å²) >= 11 is -2.50. The first-order valence-corrected chi connectivity index (χ1v) is 9.93. The van der Waals surface area contributed by atoms with Gasteiger partial charge in [-0.05, 0) is 0 Å². The fourth-order valence-electron chi connectivity index (χ4n) is 2.97. The van der Waals surface area contributed by atoms with Crippen LogP contribution in [0.3, 0.4) is 0 Å². The van der Waals surface area contributed by atoms with Crippen LogP contribution in [0.25, 0.3) is 0 Å². The summed E-state index contributed by atoms with van der Waals surface area (Å²) < 4.78 is 9.55. The van der Waals surface area contributed by atoms with Crippen LogP contribution < -0.4 is 0 Å². The van der Waals surface area contributed by atoms with Crippen molar-refractivity contribution >= 4 is 0 Å². The Bertz CT molecular complexity index is 298. The van der Waals surface area contributed by atoms with E-state index in [0.717, 1.165) is 26.1 Å². The molecule has 0 unspecified atom stereocenters. The van der Waals surface area contributed by atoms with E-state index in [0.29, 0.717) is 0 Å². The molecule has 104 valence electrons. The van der Waals surface area contributed by atoms with Crippen molar-refractivity contribution in [2.24, 2.45) is 0 Å². The normalized spacial score (nSPS) is 16.2. The van der Waals surface area contributed by atoms with Crippen molar-refractivity contribution in [3.8, 4) is 0 Å². The molecule has 1 aliphatic rings. The third-order valence-electron chi connectivity index (χ3n) is 4.22. The van der Waals surface area contributed by atoms with Crippen molar-refractivity contribution in [2.45, 2.75) is 27.2 Å². The monoisotopic (exact) mass is 287 g/mol. The Morgan fingerprint density at radius 2 is 1.39 bits per heavy atom. The molecule has 1 aliphatic carbocycles. The van der Waals surface area contributed by atoms with Gasteiger partial charge in [-0.1, -0.05) is 0 Å². The molecule has 0 aromatic heterocycles. The van der Waals surface area contributed by atoms with E-state index in [1.165, 1.54) is 0 Å². The van der Waals surface area contributed by atoms with Crippen LogP contribution in [0.15, 0.2) is 22.1 Å². The van der Waals surface area contributed by atoms with Crippen LogP contribution in [-0.2, 0) is 17.4 Å². The minimum absolute atomic E-state index is 1.12. The molecule has 1 rings (SSSR count). The molecule has 18 heavy (non-hydrogen) atoms. The molecule has 0 aromatic rings. The van der Waals surface area contributed by atoms with Crippen LogP contribution in [-0.4, -0.2) is 50.9 Å². The van der Waals surface area contributed by atoms with E-state index >= 15 is 0 Å². The van der Waals surface area contributed by atoms with Crippen LogP contribution in [0.2, 0.25) is 0 Å². The summed E-state index contributed by atoms with van der Waals surface area (Å²) in [5.74, 6) is 0. The fraction of sp³-hybridized carbons (Fsp3) is 0.714. The first kappa shape index (κ1) is 16.1.